The highest BCUT2D eigenvalue weighted by atomic mass is 35.5. The Hall–Kier alpha value is -1.89. The van der Waals surface area contributed by atoms with Crippen molar-refractivity contribution in [2.24, 2.45) is 0 Å². The molecule has 0 spiro atoms. The highest BCUT2D eigenvalue weighted by molar-refractivity contribution is 7.89. The van der Waals surface area contributed by atoms with Crippen molar-refractivity contribution in [3.63, 3.8) is 0 Å². The molecule has 0 saturated carbocycles. The van der Waals surface area contributed by atoms with Crippen LogP contribution < -0.4 is 5.32 Å². The highest BCUT2D eigenvalue weighted by Gasteiger charge is 2.26. The summed E-state index contributed by atoms with van der Waals surface area (Å²) in [4.78, 5) is 12.6. The Kier molecular flexibility index (Phi) is 5.42. The van der Waals surface area contributed by atoms with Gasteiger partial charge in [-0.1, -0.05) is 36.2 Å². The lowest BCUT2D eigenvalue weighted by Crippen LogP contribution is -2.35. The summed E-state index contributed by atoms with van der Waals surface area (Å²) < 4.78 is 27.0. The Balaban J connectivity index is 1.83. The monoisotopic (exact) mass is 378 g/mol. The maximum absolute atomic E-state index is 12.7. The molecule has 0 bridgehead atoms. The summed E-state index contributed by atoms with van der Waals surface area (Å²) >= 11 is 6.04. The van der Waals surface area contributed by atoms with E-state index in [0.717, 1.165) is 19.3 Å². The fourth-order valence-corrected chi connectivity index (χ4v) is 4.56. The van der Waals surface area contributed by atoms with Gasteiger partial charge >= 0.3 is 0 Å². The number of rotatable bonds is 4. The molecule has 1 aliphatic rings. The van der Waals surface area contributed by atoms with Crippen molar-refractivity contribution in [2.45, 2.75) is 24.2 Å². The molecule has 1 amide bonds. The van der Waals surface area contributed by atoms with Gasteiger partial charge in [0.25, 0.3) is 5.91 Å². The Morgan fingerprint density at radius 2 is 1.72 bits per heavy atom. The number of carbonyl (C=O) groups excluding carboxylic acids is 1. The van der Waals surface area contributed by atoms with E-state index < -0.39 is 15.9 Å². The van der Waals surface area contributed by atoms with E-state index in [1.165, 1.54) is 16.4 Å². The number of hydrogen-bond acceptors (Lipinski definition) is 3. The summed E-state index contributed by atoms with van der Waals surface area (Å²) in [6.45, 7) is 1.05. The first-order valence-electron chi connectivity index (χ1n) is 8.14. The van der Waals surface area contributed by atoms with Crippen molar-refractivity contribution < 1.29 is 13.2 Å². The fourth-order valence-electron chi connectivity index (χ4n) is 2.81. The normalized spacial score (nSPS) is 15.7. The van der Waals surface area contributed by atoms with Crippen molar-refractivity contribution in [2.75, 3.05) is 18.4 Å². The third-order valence-corrected chi connectivity index (χ3v) is 6.40. The van der Waals surface area contributed by atoms with E-state index in [1.807, 2.05) is 0 Å². The molecule has 1 aliphatic heterocycles. The molecule has 0 atom stereocenters. The Morgan fingerprint density at radius 1 is 1.00 bits per heavy atom. The van der Waals surface area contributed by atoms with E-state index in [9.17, 15) is 13.2 Å². The summed E-state index contributed by atoms with van der Waals surface area (Å²) in [7, 11) is -3.57. The molecule has 132 valence electrons. The summed E-state index contributed by atoms with van der Waals surface area (Å²) in [6.07, 6.45) is 2.78. The average Bonchev–Trinajstić information content (AvgIpc) is 2.64. The summed E-state index contributed by atoms with van der Waals surface area (Å²) in [5, 5.41) is 3.13. The van der Waals surface area contributed by atoms with Crippen molar-refractivity contribution in [1.82, 2.24) is 4.31 Å². The number of nitrogens with zero attached hydrogens (tertiary/aromatic N) is 1. The molecule has 5 nitrogen and oxygen atoms in total. The molecule has 0 aliphatic carbocycles. The molecule has 7 heteroatoms. The zero-order valence-corrected chi connectivity index (χ0v) is 15.2. The number of amides is 1. The van der Waals surface area contributed by atoms with Gasteiger partial charge in [-0.15, -0.1) is 0 Å². The Labute approximate surface area is 152 Å². The molecule has 1 heterocycles. The van der Waals surface area contributed by atoms with Crippen LogP contribution in [0.1, 0.15) is 29.6 Å². The molecular formula is C18H19ClN2O3S. The molecule has 2 aromatic rings. The smallest absolute Gasteiger partial charge is 0.255 e. The van der Waals surface area contributed by atoms with E-state index >= 15 is 0 Å². The van der Waals surface area contributed by atoms with E-state index in [0.29, 0.717) is 23.8 Å². The lowest BCUT2D eigenvalue weighted by molar-refractivity contribution is 0.102. The SMILES string of the molecule is O=C(Nc1ccccc1Cl)c1cccc(S(=O)(=O)N2CCCCC2)c1. The van der Waals surface area contributed by atoms with Crippen LogP contribution in [0.2, 0.25) is 5.02 Å². The van der Waals surface area contributed by atoms with Gasteiger partial charge < -0.3 is 5.32 Å². The Bertz CT molecular complexity index is 877. The number of anilines is 1. The van der Waals surface area contributed by atoms with Crippen LogP contribution in [0, 0.1) is 0 Å². The number of sulfonamides is 1. The maximum atomic E-state index is 12.7. The standard InChI is InChI=1S/C18H19ClN2O3S/c19-16-9-2-3-10-17(16)20-18(22)14-7-6-8-15(13-14)25(23,24)21-11-4-1-5-12-21/h2-3,6-10,13H,1,4-5,11-12H2,(H,20,22). The average molecular weight is 379 g/mol. The van der Waals surface area contributed by atoms with Crippen LogP contribution >= 0.6 is 11.6 Å². The molecule has 2 aromatic carbocycles. The van der Waals surface area contributed by atoms with E-state index in [2.05, 4.69) is 5.32 Å². The zero-order chi connectivity index (χ0) is 17.9. The van der Waals surface area contributed by atoms with Crippen LogP contribution in [0.4, 0.5) is 5.69 Å². The zero-order valence-electron chi connectivity index (χ0n) is 13.6. The topological polar surface area (TPSA) is 66.5 Å². The van der Waals surface area contributed by atoms with Gasteiger partial charge in [0.05, 0.1) is 15.6 Å². The molecule has 0 radical (unpaired) electrons. The first-order chi connectivity index (χ1) is 12.0. The van der Waals surface area contributed by atoms with Gasteiger partial charge in [0.2, 0.25) is 10.0 Å². The molecule has 1 saturated heterocycles. The maximum Gasteiger partial charge on any atom is 0.255 e. The number of piperidine rings is 1. The summed E-state index contributed by atoms with van der Waals surface area (Å²) in [5.74, 6) is -0.399. The number of para-hydroxylation sites is 1. The minimum atomic E-state index is -3.57. The third kappa shape index (κ3) is 4.03. The largest absolute Gasteiger partial charge is 0.321 e. The van der Waals surface area contributed by atoms with Crippen LogP contribution in [0.3, 0.4) is 0 Å². The van der Waals surface area contributed by atoms with Crippen LogP contribution in [-0.2, 0) is 10.0 Å². The lowest BCUT2D eigenvalue weighted by atomic mass is 10.2. The Morgan fingerprint density at radius 3 is 2.44 bits per heavy atom. The minimum absolute atomic E-state index is 0.140. The van der Waals surface area contributed by atoms with Gasteiger partial charge in [-0.25, -0.2) is 8.42 Å². The fraction of sp³-hybridized carbons (Fsp3) is 0.278. The molecule has 1 fully saturated rings. The molecule has 25 heavy (non-hydrogen) atoms. The molecule has 1 N–H and O–H groups in total. The van der Waals surface area contributed by atoms with Gasteiger partial charge in [-0.3, -0.25) is 4.79 Å². The first-order valence-corrected chi connectivity index (χ1v) is 9.96. The molecule has 0 aromatic heterocycles. The van der Waals surface area contributed by atoms with Gasteiger partial charge in [0.1, 0.15) is 0 Å². The number of halogens is 1. The first kappa shape index (κ1) is 17.9. The van der Waals surface area contributed by atoms with Gasteiger partial charge in [-0.2, -0.15) is 4.31 Å². The van der Waals surface area contributed by atoms with Crippen LogP contribution in [0.15, 0.2) is 53.4 Å². The summed E-state index contributed by atoms with van der Waals surface area (Å²) in [5.41, 5.74) is 0.761. The van der Waals surface area contributed by atoms with Crippen LogP contribution in [0.25, 0.3) is 0 Å². The number of benzene rings is 2. The number of carbonyl (C=O) groups is 1. The van der Waals surface area contributed by atoms with E-state index in [-0.39, 0.29) is 10.5 Å². The van der Waals surface area contributed by atoms with Gasteiger partial charge in [0, 0.05) is 18.7 Å². The number of nitrogens with one attached hydrogen (secondary N) is 1. The number of hydrogen-bond donors (Lipinski definition) is 1. The van der Waals surface area contributed by atoms with Crippen molar-refractivity contribution in [3.05, 3.63) is 59.1 Å². The third-order valence-electron chi connectivity index (χ3n) is 4.17. The van der Waals surface area contributed by atoms with Crippen LogP contribution in [0.5, 0.6) is 0 Å². The summed E-state index contributed by atoms with van der Waals surface area (Å²) in [6, 6.07) is 13.0. The second-order valence-electron chi connectivity index (χ2n) is 5.93. The highest BCUT2D eigenvalue weighted by Crippen LogP contribution is 2.23. The predicted molar refractivity (Wildman–Crippen MR) is 98.5 cm³/mol. The second kappa shape index (κ2) is 7.56. The van der Waals surface area contributed by atoms with Crippen molar-refractivity contribution in [3.8, 4) is 0 Å². The van der Waals surface area contributed by atoms with Gasteiger partial charge in [0.15, 0.2) is 0 Å². The minimum Gasteiger partial charge on any atom is -0.321 e. The van der Waals surface area contributed by atoms with E-state index in [1.54, 1.807) is 36.4 Å². The van der Waals surface area contributed by atoms with Gasteiger partial charge in [-0.05, 0) is 43.2 Å². The second-order valence-corrected chi connectivity index (χ2v) is 8.27. The van der Waals surface area contributed by atoms with E-state index in [4.69, 9.17) is 11.6 Å². The van der Waals surface area contributed by atoms with Crippen LogP contribution in [-0.4, -0.2) is 31.7 Å². The predicted octanol–water partition coefficient (Wildman–Crippen LogP) is 3.77. The van der Waals surface area contributed by atoms with Crippen molar-refractivity contribution >= 4 is 33.2 Å². The van der Waals surface area contributed by atoms with Crippen molar-refractivity contribution in [1.29, 1.82) is 0 Å². The molecule has 3 rings (SSSR count). The molecule has 0 unspecified atom stereocenters. The quantitative estimate of drug-likeness (QED) is 0.880. The molecular weight excluding hydrogens is 360 g/mol. The lowest BCUT2D eigenvalue weighted by Gasteiger charge is -2.26.